The van der Waals surface area contributed by atoms with Gasteiger partial charge in [-0.1, -0.05) is 40.5 Å². The number of nitrogens with zero attached hydrogens (tertiary/aromatic N) is 5. The highest BCUT2D eigenvalue weighted by Crippen LogP contribution is 2.25. The standard InChI is InChI=1S/C23H16ClFN6O3/c1-13-4-2-5-14(10-13)20-27-22(34-29-20)16-6-3-9-30-21(16)28-31(23(30)33)12-19(32)26-18-8-7-15(25)11-17(18)24/h2-11H,12H2,1H3,(H,26,32). The van der Waals surface area contributed by atoms with Gasteiger partial charge in [0.15, 0.2) is 5.65 Å². The summed E-state index contributed by atoms with van der Waals surface area (Å²) in [6, 6.07) is 14.6. The van der Waals surface area contributed by atoms with E-state index < -0.39 is 17.4 Å². The maximum absolute atomic E-state index is 13.2. The van der Waals surface area contributed by atoms with Crippen molar-refractivity contribution in [1.82, 2.24) is 24.3 Å². The number of hydrogen-bond donors (Lipinski definition) is 1. The van der Waals surface area contributed by atoms with E-state index in [1.165, 1.54) is 22.7 Å². The van der Waals surface area contributed by atoms with Gasteiger partial charge in [0.2, 0.25) is 11.7 Å². The van der Waals surface area contributed by atoms with Crippen LogP contribution in [0.3, 0.4) is 0 Å². The van der Waals surface area contributed by atoms with Gasteiger partial charge in [-0.3, -0.25) is 4.79 Å². The van der Waals surface area contributed by atoms with Gasteiger partial charge >= 0.3 is 5.69 Å². The summed E-state index contributed by atoms with van der Waals surface area (Å²) < 4.78 is 20.9. The topological polar surface area (TPSA) is 107 Å². The molecule has 5 rings (SSSR count). The van der Waals surface area contributed by atoms with E-state index in [0.717, 1.165) is 21.9 Å². The van der Waals surface area contributed by atoms with Gasteiger partial charge < -0.3 is 9.84 Å². The molecule has 0 aliphatic heterocycles. The van der Waals surface area contributed by atoms with Crippen LogP contribution in [-0.4, -0.2) is 30.2 Å². The van der Waals surface area contributed by atoms with Crippen LogP contribution in [0.4, 0.5) is 10.1 Å². The van der Waals surface area contributed by atoms with Crippen LogP contribution in [0, 0.1) is 12.7 Å². The molecule has 11 heteroatoms. The Hall–Kier alpha value is -4.31. The number of fused-ring (bicyclic) bond motifs is 1. The first-order chi connectivity index (χ1) is 16.4. The summed E-state index contributed by atoms with van der Waals surface area (Å²) in [6.07, 6.45) is 1.53. The number of anilines is 1. The minimum Gasteiger partial charge on any atom is -0.333 e. The lowest BCUT2D eigenvalue weighted by molar-refractivity contribution is -0.117. The number of aryl methyl sites for hydroxylation is 1. The number of amides is 1. The molecule has 5 aromatic rings. The summed E-state index contributed by atoms with van der Waals surface area (Å²) in [4.78, 5) is 29.7. The molecule has 0 atom stereocenters. The summed E-state index contributed by atoms with van der Waals surface area (Å²) in [5.74, 6) is -0.501. The highest BCUT2D eigenvalue weighted by molar-refractivity contribution is 6.33. The number of pyridine rings is 1. The Morgan fingerprint density at radius 3 is 2.82 bits per heavy atom. The average Bonchev–Trinajstić information content (AvgIpc) is 3.41. The molecule has 1 N–H and O–H groups in total. The molecule has 0 saturated heterocycles. The van der Waals surface area contributed by atoms with Gasteiger partial charge in [0, 0.05) is 11.8 Å². The number of aromatic nitrogens is 5. The van der Waals surface area contributed by atoms with Gasteiger partial charge in [-0.15, -0.1) is 5.10 Å². The van der Waals surface area contributed by atoms with E-state index in [2.05, 4.69) is 20.6 Å². The molecule has 0 aliphatic carbocycles. The van der Waals surface area contributed by atoms with E-state index in [9.17, 15) is 14.0 Å². The van der Waals surface area contributed by atoms with E-state index in [1.807, 2.05) is 31.2 Å². The average molecular weight is 479 g/mol. The lowest BCUT2D eigenvalue weighted by Gasteiger charge is -2.06. The summed E-state index contributed by atoms with van der Waals surface area (Å²) in [7, 11) is 0. The SMILES string of the molecule is Cc1cccc(-c2noc(-c3cccn4c(=O)n(CC(=O)Nc5ccc(F)cc5Cl)nc34)n2)c1. The summed E-state index contributed by atoms with van der Waals surface area (Å²) in [5.41, 5.74) is 2.22. The molecule has 3 aromatic heterocycles. The zero-order valence-electron chi connectivity index (χ0n) is 17.7. The first-order valence-electron chi connectivity index (χ1n) is 10.1. The van der Waals surface area contributed by atoms with Gasteiger partial charge in [-0.2, -0.15) is 4.98 Å². The van der Waals surface area contributed by atoms with Gasteiger partial charge in [-0.05, 0) is 43.3 Å². The zero-order chi connectivity index (χ0) is 23.8. The predicted octanol–water partition coefficient (Wildman–Crippen LogP) is 3.95. The van der Waals surface area contributed by atoms with Crippen molar-refractivity contribution >= 4 is 28.8 Å². The summed E-state index contributed by atoms with van der Waals surface area (Å²) in [6.45, 7) is 1.58. The maximum Gasteiger partial charge on any atom is 0.350 e. The van der Waals surface area contributed by atoms with Crippen molar-refractivity contribution in [3.63, 3.8) is 0 Å². The highest BCUT2D eigenvalue weighted by atomic mass is 35.5. The third kappa shape index (κ3) is 4.06. The molecule has 0 unspecified atom stereocenters. The molecule has 0 aliphatic rings. The Morgan fingerprint density at radius 2 is 2.03 bits per heavy atom. The first-order valence-corrected chi connectivity index (χ1v) is 10.5. The molecule has 1 amide bonds. The summed E-state index contributed by atoms with van der Waals surface area (Å²) in [5, 5.41) is 10.9. The monoisotopic (exact) mass is 478 g/mol. The third-order valence-electron chi connectivity index (χ3n) is 5.04. The fourth-order valence-corrected chi connectivity index (χ4v) is 3.67. The molecule has 0 radical (unpaired) electrons. The van der Waals surface area contributed by atoms with Crippen molar-refractivity contribution < 1.29 is 13.7 Å². The lowest BCUT2D eigenvalue weighted by atomic mass is 10.1. The van der Waals surface area contributed by atoms with Crippen molar-refractivity contribution in [1.29, 1.82) is 0 Å². The van der Waals surface area contributed by atoms with Gasteiger partial charge in [-0.25, -0.2) is 18.3 Å². The molecule has 170 valence electrons. The van der Waals surface area contributed by atoms with Crippen LogP contribution in [-0.2, 0) is 11.3 Å². The van der Waals surface area contributed by atoms with E-state index in [0.29, 0.717) is 11.4 Å². The quantitative estimate of drug-likeness (QED) is 0.410. The third-order valence-corrected chi connectivity index (χ3v) is 5.35. The lowest BCUT2D eigenvalue weighted by Crippen LogP contribution is -2.28. The second-order valence-corrected chi connectivity index (χ2v) is 7.93. The highest BCUT2D eigenvalue weighted by Gasteiger charge is 2.19. The molecular formula is C23H16ClFN6O3. The smallest absolute Gasteiger partial charge is 0.333 e. The Bertz CT molecular complexity index is 1610. The van der Waals surface area contributed by atoms with Crippen molar-refractivity contribution in [2.45, 2.75) is 13.5 Å². The second-order valence-electron chi connectivity index (χ2n) is 7.52. The number of carbonyl (C=O) groups excluding carboxylic acids is 1. The molecule has 0 bridgehead atoms. The minimum atomic E-state index is -0.555. The first kappa shape index (κ1) is 21.5. The van der Waals surface area contributed by atoms with E-state index in [1.54, 1.807) is 12.1 Å². The van der Waals surface area contributed by atoms with E-state index >= 15 is 0 Å². The molecule has 0 fully saturated rings. The molecule has 34 heavy (non-hydrogen) atoms. The van der Waals surface area contributed by atoms with Crippen molar-refractivity contribution in [2.75, 3.05) is 5.32 Å². The Kier molecular flexibility index (Phi) is 5.42. The largest absolute Gasteiger partial charge is 0.350 e. The van der Waals surface area contributed by atoms with Crippen molar-refractivity contribution in [2.24, 2.45) is 0 Å². The molecule has 2 aromatic carbocycles. The number of benzene rings is 2. The number of hydrogen-bond acceptors (Lipinski definition) is 6. The van der Waals surface area contributed by atoms with Crippen molar-refractivity contribution in [3.05, 3.63) is 87.7 Å². The molecule has 3 heterocycles. The predicted molar refractivity (Wildman–Crippen MR) is 123 cm³/mol. The second kappa shape index (κ2) is 8.56. The van der Waals surface area contributed by atoms with Crippen LogP contribution in [0.1, 0.15) is 5.56 Å². The van der Waals surface area contributed by atoms with E-state index in [4.69, 9.17) is 16.1 Å². The Labute approximate surface area is 196 Å². The zero-order valence-corrected chi connectivity index (χ0v) is 18.5. The molecule has 0 saturated carbocycles. The van der Waals surface area contributed by atoms with Crippen LogP contribution >= 0.6 is 11.6 Å². The Balaban J connectivity index is 1.45. The number of halogens is 2. The molecule has 9 nitrogen and oxygen atoms in total. The van der Waals surface area contributed by atoms with Gasteiger partial charge in [0.25, 0.3) is 5.89 Å². The van der Waals surface area contributed by atoms with Gasteiger partial charge in [0.1, 0.15) is 12.4 Å². The fraction of sp³-hybridized carbons (Fsp3) is 0.0870. The van der Waals surface area contributed by atoms with Crippen LogP contribution in [0.5, 0.6) is 0 Å². The normalized spacial score (nSPS) is 11.1. The van der Waals surface area contributed by atoms with Crippen LogP contribution in [0.25, 0.3) is 28.5 Å². The fourth-order valence-electron chi connectivity index (χ4n) is 3.46. The van der Waals surface area contributed by atoms with Crippen LogP contribution < -0.4 is 11.0 Å². The van der Waals surface area contributed by atoms with E-state index in [-0.39, 0.29) is 28.8 Å². The molecular weight excluding hydrogens is 463 g/mol. The van der Waals surface area contributed by atoms with Crippen molar-refractivity contribution in [3.8, 4) is 22.8 Å². The van der Waals surface area contributed by atoms with Crippen LogP contribution in [0.15, 0.2) is 70.1 Å². The number of carbonyl (C=O) groups is 1. The van der Waals surface area contributed by atoms with Crippen LogP contribution in [0.2, 0.25) is 5.02 Å². The molecule has 0 spiro atoms. The minimum absolute atomic E-state index is 0.0405. The summed E-state index contributed by atoms with van der Waals surface area (Å²) >= 11 is 5.95. The number of rotatable bonds is 5. The number of nitrogens with one attached hydrogen (secondary N) is 1. The Morgan fingerprint density at radius 1 is 1.18 bits per heavy atom. The maximum atomic E-state index is 13.2. The van der Waals surface area contributed by atoms with Gasteiger partial charge in [0.05, 0.1) is 16.3 Å².